The van der Waals surface area contributed by atoms with Crippen LogP contribution in [-0.4, -0.2) is 75.5 Å². The number of esters is 1. The normalized spacial score (nSPS) is 27.2. The van der Waals surface area contributed by atoms with Gasteiger partial charge < -0.3 is 24.2 Å². The molecule has 308 valence electrons. The Balaban J connectivity index is 1.20. The van der Waals surface area contributed by atoms with Gasteiger partial charge in [-0.2, -0.15) is 0 Å². The van der Waals surface area contributed by atoms with Crippen LogP contribution >= 0.6 is 22.9 Å². The third-order valence-corrected chi connectivity index (χ3v) is 14.2. The van der Waals surface area contributed by atoms with Crippen LogP contribution in [0.15, 0.2) is 23.6 Å². The first-order chi connectivity index (χ1) is 27.0. The van der Waals surface area contributed by atoms with Gasteiger partial charge in [-0.3, -0.25) is 19.2 Å². The summed E-state index contributed by atoms with van der Waals surface area (Å²) in [5, 5.41) is 14.1. The van der Waals surface area contributed by atoms with Crippen LogP contribution in [0.5, 0.6) is 11.5 Å². The predicted octanol–water partition coefficient (Wildman–Crippen LogP) is 8.81. The van der Waals surface area contributed by atoms with Crippen molar-refractivity contribution in [3.8, 4) is 22.9 Å². The van der Waals surface area contributed by atoms with E-state index in [2.05, 4.69) is 13.8 Å². The topological polar surface area (TPSA) is 145 Å². The third-order valence-electron chi connectivity index (χ3n) is 13.0. The molecule has 57 heavy (non-hydrogen) atoms. The second-order valence-electron chi connectivity index (χ2n) is 18.4. The van der Waals surface area contributed by atoms with Gasteiger partial charge >= 0.3 is 11.9 Å². The van der Waals surface area contributed by atoms with Crippen molar-refractivity contribution in [2.24, 2.45) is 40.4 Å². The molecule has 3 aromatic rings. The second kappa shape index (κ2) is 16.1. The number of aliphatic carboxylic acids is 1. The molecule has 4 fully saturated rings. The maximum Gasteiger partial charge on any atom is 0.310 e. The van der Waals surface area contributed by atoms with Crippen LogP contribution in [0, 0.1) is 40.4 Å². The summed E-state index contributed by atoms with van der Waals surface area (Å²) in [7, 11) is 1.54. The number of pyridine rings is 1. The van der Waals surface area contributed by atoms with Gasteiger partial charge in [0, 0.05) is 36.1 Å². The first-order valence-electron chi connectivity index (χ1n) is 20.6. The van der Waals surface area contributed by atoms with E-state index in [-0.39, 0.29) is 49.5 Å². The lowest BCUT2D eigenvalue weighted by Gasteiger charge is -2.35. The van der Waals surface area contributed by atoms with Gasteiger partial charge in [-0.15, -0.1) is 11.3 Å². The molecule has 2 bridgehead atoms. The molecule has 13 heteroatoms. The molecule has 1 saturated heterocycles. The molecule has 1 amide bonds. The van der Waals surface area contributed by atoms with Crippen molar-refractivity contribution < 1.29 is 38.5 Å². The molecule has 3 saturated carbocycles. The number of ether oxygens (including phenoxy) is 3. The average molecular weight is 822 g/mol. The summed E-state index contributed by atoms with van der Waals surface area (Å²) in [4.78, 5) is 66.6. The number of Topliss-reactive ketones (excluding diaryl/α,β-unsaturated/α-hetero) is 1. The number of hydrogen-bond donors (Lipinski definition) is 1. The van der Waals surface area contributed by atoms with E-state index in [0.717, 1.165) is 30.7 Å². The number of amides is 1. The molecule has 0 spiro atoms. The summed E-state index contributed by atoms with van der Waals surface area (Å²) in [6, 6.07) is 4.45. The monoisotopic (exact) mass is 821 g/mol. The number of rotatable bonds is 15. The molecule has 4 aliphatic rings. The van der Waals surface area contributed by atoms with E-state index in [9.17, 15) is 24.3 Å². The number of ketones is 1. The molecule has 11 nitrogen and oxygen atoms in total. The summed E-state index contributed by atoms with van der Waals surface area (Å²) < 4.78 is 18.3. The van der Waals surface area contributed by atoms with Crippen LogP contribution in [0.3, 0.4) is 0 Å². The largest absolute Gasteiger partial charge is 0.495 e. The van der Waals surface area contributed by atoms with Gasteiger partial charge in [0.1, 0.15) is 28.7 Å². The highest BCUT2D eigenvalue weighted by Gasteiger charge is 2.61. The van der Waals surface area contributed by atoms with Crippen molar-refractivity contribution in [3.05, 3.63) is 33.6 Å². The van der Waals surface area contributed by atoms with E-state index in [0.29, 0.717) is 69.4 Å². The van der Waals surface area contributed by atoms with Gasteiger partial charge in [0.2, 0.25) is 5.91 Å². The first kappa shape index (κ1) is 41.4. The molecular weight excluding hydrogens is 766 g/mol. The number of likely N-dealkylation sites (tertiary alicyclic amines) is 1. The lowest BCUT2D eigenvalue weighted by Crippen LogP contribution is -2.48. The van der Waals surface area contributed by atoms with Gasteiger partial charge in [0.25, 0.3) is 0 Å². The molecule has 1 N–H and O–H groups in total. The number of hydrogen-bond acceptors (Lipinski definition) is 10. The summed E-state index contributed by atoms with van der Waals surface area (Å²) in [5.74, 6) is -0.578. The molecule has 3 heterocycles. The van der Waals surface area contributed by atoms with Gasteiger partial charge in [-0.25, -0.2) is 9.97 Å². The highest BCUT2D eigenvalue weighted by Crippen LogP contribution is 2.58. The van der Waals surface area contributed by atoms with E-state index in [1.807, 2.05) is 45.2 Å². The number of carbonyl (C=O) groups is 4. The molecule has 1 aromatic carbocycles. The first-order valence-corrected chi connectivity index (χ1v) is 21.8. The standard InChI is InChI=1S/C44H56ClN3O8S/c1-8-26-19-44(26,42(52)53)20-33(49)32-16-27(21-48(32)41(51)29(43(4,5)6)17-38(50)56-35-15-24-9-10-25(35)14-24)55-36-18-30(31-22-57-37(46-31)13-23(2)3)47-40-28(36)11-12-34(54-7)39(40)45/h11-12,18,22-27,29,32,35H,8-10,13-17,19-21H2,1-7H3,(H,52,53)/t24?,25?,26?,27?,29-,32+,35?,44-/m1/s1. The number of carboxylic acids is 1. The Hall–Kier alpha value is -3.77. The molecule has 2 aromatic heterocycles. The molecule has 5 unspecified atom stereocenters. The quantitative estimate of drug-likeness (QED) is 0.148. The Morgan fingerprint density at radius 2 is 1.84 bits per heavy atom. The van der Waals surface area contributed by atoms with Gasteiger partial charge in [-0.1, -0.05) is 59.6 Å². The number of benzene rings is 1. The Kier molecular flexibility index (Phi) is 11.7. The molecular formula is C44H56ClN3O8S. The Morgan fingerprint density at radius 1 is 1.07 bits per heavy atom. The zero-order valence-electron chi connectivity index (χ0n) is 34.1. The van der Waals surface area contributed by atoms with Crippen molar-refractivity contribution in [1.29, 1.82) is 0 Å². The maximum absolute atomic E-state index is 14.8. The minimum atomic E-state index is -1.14. The smallest absolute Gasteiger partial charge is 0.310 e. The molecule has 3 aliphatic carbocycles. The van der Waals surface area contributed by atoms with Crippen LogP contribution < -0.4 is 9.47 Å². The zero-order chi connectivity index (χ0) is 41.0. The lowest BCUT2D eigenvalue weighted by atomic mass is 9.77. The SMILES string of the molecule is CCC1C[C@]1(CC(=O)[C@@H]1CC(Oc2cc(-c3csc(CC(C)C)n3)nc3c(Cl)c(OC)ccc23)CN1C(=O)[C@@H](CC(=O)OC1CC2CCC1C2)C(C)(C)C)C(=O)O. The third kappa shape index (κ3) is 8.40. The highest BCUT2D eigenvalue weighted by molar-refractivity contribution is 7.09. The molecule has 0 radical (unpaired) electrons. The van der Waals surface area contributed by atoms with Crippen LogP contribution in [0.4, 0.5) is 0 Å². The highest BCUT2D eigenvalue weighted by atomic mass is 35.5. The van der Waals surface area contributed by atoms with Crippen molar-refractivity contribution in [2.45, 2.75) is 124 Å². The van der Waals surface area contributed by atoms with Gasteiger partial charge in [-0.05, 0) is 73.3 Å². The number of thiazole rings is 1. The maximum atomic E-state index is 14.8. The fourth-order valence-electron chi connectivity index (χ4n) is 9.65. The molecule has 7 rings (SSSR count). The van der Waals surface area contributed by atoms with E-state index in [1.165, 1.54) is 13.5 Å². The van der Waals surface area contributed by atoms with Crippen LogP contribution in [-0.2, 0) is 30.3 Å². The zero-order valence-corrected chi connectivity index (χ0v) is 35.7. The second-order valence-corrected chi connectivity index (χ2v) is 19.8. The summed E-state index contributed by atoms with van der Waals surface area (Å²) in [5.41, 5.74) is -0.0811. The Morgan fingerprint density at radius 3 is 2.46 bits per heavy atom. The van der Waals surface area contributed by atoms with Crippen LogP contribution in [0.1, 0.15) is 104 Å². The number of fused-ring (bicyclic) bond motifs is 3. The van der Waals surface area contributed by atoms with Crippen molar-refractivity contribution >= 4 is 57.5 Å². The molecule has 1 aliphatic heterocycles. The van der Waals surface area contributed by atoms with Crippen LogP contribution in [0.2, 0.25) is 5.02 Å². The van der Waals surface area contributed by atoms with Crippen molar-refractivity contribution in [3.63, 3.8) is 0 Å². The number of carboxylic acid groups (broad SMARTS) is 1. The number of nitrogens with zero attached hydrogens (tertiary/aromatic N) is 3. The van der Waals surface area contributed by atoms with Gasteiger partial charge in [0.15, 0.2) is 5.78 Å². The average Bonchev–Trinajstić information content (AvgIpc) is 3.67. The van der Waals surface area contributed by atoms with E-state index in [1.54, 1.807) is 22.3 Å². The predicted molar refractivity (Wildman–Crippen MR) is 218 cm³/mol. The summed E-state index contributed by atoms with van der Waals surface area (Å²) >= 11 is 8.42. The fourth-order valence-corrected chi connectivity index (χ4v) is 10.9. The number of aromatic nitrogens is 2. The molecule has 8 atom stereocenters. The lowest BCUT2D eigenvalue weighted by molar-refractivity contribution is -0.158. The number of halogens is 1. The van der Waals surface area contributed by atoms with E-state index < -0.39 is 40.8 Å². The summed E-state index contributed by atoms with van der Waals surface area (Å²) in [6.07, 6.45) is 5.24. The number of carbonyl (C=O) groups excluding carboxylic acids is 3. The Labute approximate surface area is 344 Å². The van der Waals surface area contributed by atoms with Gasteiger partial charge in [0.05, 0.1) is 59.4 Å². The summed E-state index contributed by atoms with van der Waals surface area (Å²) in [6.45, 7) is 12.1. The fraction of sp³-hybridized carbons (Fsp3) is 0.636. The number of methoxy groups -OCH3 is 1. The minimum Gasteiger partial charge on any atom is -0.495 e. The van der Waals surface area contributed by atoms with Crippen molar-refractivity contribution in [1.82, 2.24) is 14.9 Å². The minimum absolute atomic E-state index is 0.0683. The van der Waals surface area contributed by atoms with Crippen LogP contribution in [0.25, 0.3) is 22.3 Å². The Bertz CT molecular complexity index is 2040. The van der Waals surface area contributed by atoms with E-state index in [4.69, 9.17) is 35.8 Å². The van der Waals surface area contributed by atoms with E-state index >= 15 is 0 Å². The van der Waals surface area contributed by atoms with Crippen molar-refractivity contribution in [2.75, 3.05) is 13.7 Å².